The molecule has 0 saturated carbocycles. The third kappa shape index (κ3) is 4.44. The number of ether oxygens (including phenoxy) is 1. The van der Waals surface area contributed by atoms with Crippen LogP contribution in [-0.2, 0) is 6.54 Å². The Morgan fingerprint density at radius 3 is 2.47 bits per heavy atom. The van der Waals surface area contributed by atoms with Crippen LogP contribution in [-0.4, -0.2) is 58.1 Å². The zero-order valence-corrected chi connectivity index (χ0v) is 18.8. The fourth-order valence-corrected chi connectivity index (χ4v) is 3.99. The van der Waals surface area contributed by atoms with Crippen molar-refractivity contribution >= 4 is 22.8 Å². The Kier molecular flexibility index (Phi) is 6.39. The van der Waals surface area contributed by atoms with E-state index in [1.165, 1.54) is 0 Å². The van der Waals surface area contributed by atoms with E-state index in [0.717, 1.165) is 16.8 Å². The summed E-state index contributed by atoms with van der Waals surface area (Å²) in [6, 6.07) is 9.06. The fourth-order valence-electron chi connectivity index (χ4n) is 3.99. The maximum atomic E-state index is 13.3. The van der Waals surface area contributed by atoms with Gasteiger partial charge < -0.3 is 19.1 Å². The van der Waals surface area contributed by atoms with E-state index in [1.54, 1.807) is 29.1 Å². The number of nitrogens with zero attached hydrogens (tertiary/aromatic N) is 5. The van der Waals surface area contributed by atoms with Crippen LogP contribution in [0.25, 0.3) is 11.0 Å². The van der Waals surface area contributed by atoms with Gasteiger partial charge in [-0.15, -0.1) is 0 Å². The molecule has 8 heteroatoms. The van der Waals surface area contributed by atoms with Crippen LogP contribution in [0.3, 0.4) is 0 Å². The number of amides is 1. The highest BCUT2D eigenvalue weighted by molar-refractivity contribution is 5.94. The molecule has 0 bridgehead atoms. The molecule has 0 radical (unpaired) electrons. The Labute approximate surface area is 187 Å². The molecule has 1 aliphatic heterocycles. The van der Waals surface area contributed by atoms with Crippen molar-refractivity contribution in [2.24, 2.45) is 5.92 Å². The topological polar surface area (TPSA) is 80.6 Å². The number of piperazine rings is 1. The molecular weight excluding hydrogens is 406 g/mol. The molecule has 4 rings (SSSR count). The van der Waals surface area contributed by atoms with Gasteiger partial charge in [-0.25, -0.2) is 4.98 Å². The van der Waals surface area contributed by atoms with Crippen LogP contribution in [0, 0.1) is 5.92 Å². The Bertz CT molecular complexity index is 1150. The molecule has 1 aromatic carbocycles. The van der Waals surface area contributed by atoms with Gasteiger partial charge in [0.2, 0.25) is 0 Å². The molecule has 0 N–H and O–H groups in total. The first-order valence-corrected chi connectivity index (χ1v) is 11.1. The first kappa shape index (κ1) is 21.8. The second-order valence-corrected chi connectivity index (χ2v) is 8.35. The van der Waals surface area contributed by atoms with Crippen molar-refractivity contribution in [3.8, 4) is 5.75 Å². The standard InChI is InChI=1S/C24H29N5O3/c1-4-32-19-7-5-18(6-8-19)23(30)28-13-11-27(12-14-28)22-24(31)29(16-17(2)3)21-15-25-10-9-20(21)26-22/h5-10,15,17H,4,11-14,16H2,1-3H3. The Balaban J connectivity index is 1.52. The lowest BCUT2D eigenvalue weighted by Crippen LogP contribution is -2.50. The van der Waals surface area contributed by atoms with Crippen LogP contribution in [0.15, 0.2) is 47.5 Å². The van der Waals surface area contributed by atoms with Crippen molar-refractivity contribution in [1.82, 2.24) is 19.4 Å². The number of fused-ring (bicyclic) bond motifs is 1. The van der Waals surface area contributed by atoms with E-state index in [-0.39, 0.29) is 11.5 Å². The van der Waals surface area contributed by atoms with Crippen LogP contribution in [0.4, 0.5) is 5.82 Å². The van der Waals surface area contributed by atoms with Crippen LogP contribution < -0.4 is 15.2 Å². The summed E-state index contributed by atoms with van der Waals surface area (Å²) in [5, 5.41) is 0. The Morgan fingerprint density at radius 2 is 1.81 bits per heavy atom. The second-order valence-electron chi connectivity index (χ2n) is 8.35. The minimum atomic E-state index is -0.106. The molecule has 1 aliphatic rings. The van der Waals surface area contributed by atoms with E-state index in [4.69, 9.17) is 4.74 Å². The molecular formula is C24H29N5O3. The molecule has 0 unspecified atom stereocenters. The SMILES string of the molecule is CCOc1ccc(C(=O)N2CCN(c3nc4ccncc4n(CC(C)C)c3=O)CC2)cc1. The van der Waals surface area contributed by atoms with Gasteiger partial charge in [0.05, 0.1) is 23.8 Å². The number of hydrogen-bond donors (Lipinski definition) is 0. The average Bonchev–Trinajstić information content (AvgIpc) is 2.81. The minimum Gasteiger partial charge on any atom is -0.494 e. The number of hydrogen-bond acceptors (Lipinski definition) is 6. The summed E-state index contributed by atoms with van der Waals surface area (Å²) >= 11 is 0. The number of carbonyl (C=O) groups is 1. The summed E-state index contributed by atoms with van der Waals surface area (Å²) in [5.41, 5.74) is 2.03. The molecule has 1 fully saturated rings. The van der Waals surface area contributed by atoms with Gasteiger partial charge in [0, 0.05) is 44.5 Å². The third-order valence-corrected chi connectivity index (χ3v) is 5.56. The van der Waals surface area contributed by atoms with Crippen LogP contribution in [0.5, 0.6) is 5.75 Å². The Morgan fingerprint density at radius 1 is 1.09 bits per heavy atom. The summed E-state index contributed by atoms with van der Waals surface area (Å²) in [6.45, 7) is 9.47. The summed E-state index contributed by atoms with van der Waals surface area (Å²) in [6.07, 6.45) is 3.39. The van der Waals surface area contributed by atoms with Crippen LogP contribution in [0.1, 0.15) is 31.1 Å². The van der Waals surface area contributed by atoms with Gasteiger partial charge in [-0.2, -0.15) is 0 Å². The summed E-state index contributed by atoms with van der Waals surface area (Å²) in [4.78, 5) is 38.8. The number of pyridine rings is 1. The molecule has 3 heterocycles. The van der Waals surface area contributed by atoms with Gasteiger partial charge in [-0.1, -0.05) is 13.8 Å². The smallest absolute Gasteiger partial charge is 0.294 e. The van der Waals surface area contributed by atoms with Crippen molar-refractivity contribution < 1.29 is 9.53 Å². The van der Waals surface area contributed by atoms with E-state index in [1.807, 2.05) is 34.9 Å². The van der Waals surface area contributed by atoms with E-state index in [9.17, 15) is 9.59 Å². The predicted octanol–water partition coefficient (Wildman–Crippen LogP) is 2.81. The van der Waals surface area contributed by atoms with Gasteiger partial charge in [-0.3, -0.25) is 14.6 Å². The molecule has 32 heavy (non-hydrogen) atoms. The lowest BCUT2D eigenvalue weighted by atomic mass is 10.1. The number of carbonyl (C=O) groups excluding carboxylic acids is 1. The van der Waals surface area contributed by atoms with Gasteiger partial charge in [0.1, 0.15) is 5.75 Å². The summed E-state index contributed by atoms with van der Waals surface area (Å²) < 4.78 is 7.22. The van der Waals surface area contributed by atoms with Crippen molar-refractivity contribution in [2.45, 2.75) is 27.3 Å². The molecule has 8 nitrogen and oxygen atoms in total. The molecule has 0 aliphatic carbocycles. The average molecular weight is 436 g/mol. The van der Waals surface area contributed by atoms with Gasteiger partial charge in [0.25, 0.3) is 11.5 Å². The van der Waals surface area contributed by atoms with E-state index in [2.05, 4.69) is 23.8 Å². The fraction of sp³-hybridized carbons (Fsp3) is 0.417. The lowest BCUT2D eigenvalue weighted by molar-refractivity contribution is 0.0746. The largest absolute Gasteiger partial charge is 0.494 e. The maximum absolute atomic E-state index is 13.3. The number of benzene rings is 1. The number of rotatable bonds is 6. The molecule has 3 aromatic rings. The monoisotopic (exact) mass is 435 g/mol. The molecule has 168 valence electrons. The maximum Gasteiger partial charge on any atom is 0.294 e. The summed E-state index contributed by atoms with van der Waals surface area (Å²) in [5.74, 6) is 1.50. The quantitative estimate of drug-likeness (QED) is 0.592. The van der Waals surface area contributed by atoms with E-state index in [0.29, 0.717) is 56.6 Å². The third-order valence-electron chi connectivity index (χ3n) is 5.56. The van der Waals surface area contributed by atoms with E-state index >= 15 is 0 Å². The highest BCUT2D eigenvalue weighted by atomic mass is 16.5. The van der Waals surface area contributed by atoms with Crippen molar-refractivity contribution in [1.29, 1.82) is 0 Å². The number of aromatic nitrogens is 3. The van der Waals surface area contributed by atoms with Crippen LogP contribution >= 0.6 is 0 Å². The molecule has 2 aromatic heterocycles. The zero-order valence-electron chi connectivity index (χ0n) is 18.8. The van der Waals surface area contributed by atoms with Gasteiger partial charge in [0.15, 0.2) is 5.82 Å². The second kappa shape index (κ2) is 9.38. The first-order valence-electron chi connectivity index (χ1n) is 11.1. The Hall–Kier alpha value is -3.42. The van der Waals surface area contributed by atoms with E-state index < -0.39 is 0 Å². The zero-order chi connectivity index (χ0) is 22.7. The predicted molar refractivity (Wildman–Crippen MR) is 124 cm³/mol. The molecule has 0 spiro atoms. The minimum absolute atomic E-state index is 0.0116. The summed E-state index contributed by atoms with van der Waals surface area (Å²) in [7, 11) is 0. The molecule has 0 atom stereocenters. The normalized spacial score (nSPS) is 14.2. The lowest BCUT2D eigenvalue weighted by Gasteiger charge is -2.35. The molecule has 1 amide bonds. The van der Waals surface area contributed by atoms with Gasteiger partial charge >= 0.3 is 0 Å². The molecule has 1 saturated heterocycles. The first-order chi connectivity index (χ1) is 15.5. The number of anilines is 1. The van der Waals surface area contributed by atoms with Crippen molar-refractivity contribution in [2.75, 3.05) is 37.7 Å². The highest BCUT2D eigenvalue weighted by Gasteiger charge is 2.25. The van der Waals surface area contributed by atoms with Crippen LogP contribution in [0.2, 0.25) is 0 Å². The van der Waals surface area contributed by atoms with Crippen molar-refractivity contribution in [3.63, 3.8) is 0 Å². The van der Waals surface area contributed by atoms with Gasteiger partial charge in [-0.05, 0) is 43.2 Å². The highest BCUT2D eigenvalue weighted by Crippen LogP contribution is 2.18. The van der Waals surface area contributed by atoms with Crippen molar-refractivity contribution in [3.05, 3.63) is 58.6 Å².